The van der Waals surface area contributed by atoms with Gasteiger partial charge in [0, 0.05) is 17.3 Å². The Bertz CT molecular complexity index is 430. The largest absolute Gasteiger partial charge is 0.344 e. The van der Waals surface area contributed by atoms with Gasteiger partial charge in [0.2, 0.25) is 0 Å². The minimum absolute atomic E-state index is 0.117. The summed E-state index contributed by atoms with van der Waals surface area (Å²) < 4.78 is 0. The number of hydrogen-bond donors (Lipinski definition) is 1. The van der Waals surface area contributed by atoms with Gasteiger partial charge in [-0.2, -0.15) is 0 Å². The standard InChI is InChI=1S/C14H19Cl2NO/c1-9-5-10(2)12(11(3)6-9)13(18)17-14(4,7-15)8-16/h5-6H,7-8H2,1-4H3,(H,17,18). The van der Waals surface area contributed by atoms with Gasteiger partial charge in [-0.25, -0.2) is 0 Å². The predicted molar refractivity (Wildman–Crippen MR) is 78.0 cm³/mol. The number of nitrogens with one attached hydrogen (secondary N) is 1. The Kier molecular flexibility index (Phi) is 5.06. The summed E-state index contributed by atoms with van der Waals surface area (Å²) in [6.07, 6.45) is 0. The Hall–Kier alpha value is -0.730. The third kappa shape index (κ3) is 3.39. The lowest BCUT2D eigenvalue weighted by atomic mass is 9.98. The van der Waals surface area contributed by atoms with E-state index in [4.69, 9.17) is 23.2 Å². The van der Waals surface area contributed by atoms with Crippen LogP contribution >= 0.6 is 23.2 Å². The first kappa shape index (κ1) is 15.3. The molecular weight excluding hydrogens is 269 g/mol. The molecule has 0 saturated heterocycles. The molecule has 1 aromatic rings. The maximum Gasteiger partial charge on any atom is 0.252 e. The second kappa shape index (κ2) is 5.94. The SMILES string of the molecule is Cc1cc(C)c(C(=O)NC(C)(CCl)CCl)c(C)c1. The van der Waals surface area contributed by atoms with Crippen molar-refractivity contribution in [3.05, 3.63) is 34.4 Å². The number of amides is 1. The van der Waals surface area contributed by atoms with Crippen LogP contribution in [0.3, 0.4) is 0 Å². The maximum atomic E-state index is 12.3. The number of rotatable bonds is 4. The molecule has 4 heteroatoms. The van der Waals surface area contributed by atoms with Crippen molar-refractivity contribution < 1.29 is 4.79 Å². The molecule has 18 heavy (non-hydrogen) atoms. The molecule has 1 amide bonds. The molecule has 0 bridgehead atoms. The molecule has 0 fully saturated rings. The number of benzene rings is 1. The van der Waals surface area contributed by atoms with Crippen molar-refractivity contribution in [3.63, 3.8) is 0 Å². The molecule has 0 aliphatic rings. The van der Waals surface area contributed by atoms with Crippen molar-refractivity contribution in [2.75, 3.05) is 11.8 Å². The number of hydrogen-bond acceptors (Lipinski definition) is 1. The zero-order valence-corrected chi connectivity index (χ0v) is 12.7. The van der Waals surface area contributed by atoms with Crippen LogP contribution in [-0.2, 0) is 0 Å². The molecule has 100 valence electrons. The predicted octanol–water partition coefficient (Wildman–Crippen LogP) is 3.58. The van der Waals surface area contributed by atoms with Crippen LogP contribution in [0.1, 0.15) is 34.0 Å². The number of carbonyl (C=O) groups excluding carboxylic acids is 1. The van der Waals surface area contributed by atoms with E-state index in [0.717, 1.165) is 16.7 Å². The summed E-state index contributed by atoms with van der Waals surface area (Å²) >= 11 is 11.7. The molecule has 0 aliphatic heterocycles. The summed E-state index contributed by atoms with van der Waals surface area (Å²) in [4.78, 5) is 12.3. The van der Waals surface area contributed by atoms with Crippen molar-refractivity contribution in [3.8, 4) is 0 Å². The number of halogens is 2. The molecule has 1 rings (SSSR count). The molecule has 0 saturated carbocycles. The van der Waals surface area contributed by atoms with Crippen LogP contribution in [0.4, 0.5) is 0 Å². The van der Waals surface area contributed by atoms with Gasteiger partial charge in [-0.3, -0.25) is 4.79 Å². The molecule has 0 unspecified atom stereocenters. The monoisotopic (exact) mass is 287 g/mol. The smallest absolute Gasteiger partial charge is 0.252 e. The van der Waals surface area contributed by atoms with Gasteiger partial charge in [0.05, 0.1) is 5.54 Å². The van der Waals surface area contributed by atoms with Crippen LogP contribution in [0.5, 0.6) is 0 Å². The molecule has 0 heterocycles. The second-order valence-corrected chi connectivity index (χ2v) is 5.59. The molecule has 0 radical (unpaired) electrons. The minimum atomic E-state index is -0.579. The quantitative estimate of drug-likeness (QED) is 0.843. The Morgan fingerprint density at radius 2 is 1.61 bits per heavy atom. The normalized spacial score (nSPS) is 11.4. The first-order valence-corrected chi connectivity index (χ1v) is 6.92. The molecular formula is C14H19Cl2NO. The van der Waals surface area contributed by atoms with E-state index in [2.05, 4.69) is 5.32 Å². The van der Waals surface area contributed by atoms with Gasteiger partial charge in [0.1, 0.15) is 0 Å². The number of aryl methyl sites for hydroxylation is 3. The lowest BCUT2D eigenvalue weighted by Crippen LogP contribution is -2.49. The lowest BCUT2D eigenvalue weighted by Gasteiger charge is -2.26. The van der Waals surface area contributed by atoms with Crippen LogP contribution in [-0.4, -0.2) is 23.2 Å². The van der Waals surface area contributed by atoms with Gasteiger partial charge in [0.15, 0.2) is 0 Å². The number of carbonyl (C=O) groups is 1. The summed E-state index contributed by atoms with van der Waals surface area (Å²) in [6.45, 7) is 7.73. The van der Waals surface area contributed by atoms with Crippen molar-refractivity contribution in [1.82, 2.24) is 5.32 Å². The number of alkyl halides is 2. The highest BCUT2D eigenvalue weighted by Crippen LogP contribution is 2.18. The van der Waals surface area contributed by atoms with Crippen LogP contribution in [0.15, 0.2) is 12.1 Å². The average molecular weight is 288 g/mol. The molecule has 0 aromatic heterocycles. The van der Waals surface area contributed by atoms with Gasteiger partial charge in [-0.15, -0.1) is 23.2 Å². The lowest BCUT2D eigenvalue weighted by molar-refractivity contribution is 0.0920. The highest BCUT2D eigenvalue weighted by atomic mass is 35.5. The Balaban J connectivity index is 3.05. The highest BCUT2D eigenvalue weighted by Gasteiger charge is 2.26. The molecule has 1 N–H and O–H groups in total. The van der Waals surface area contributed by atoms with Crippen molar-refractivity contribution in [2.24, 2.45) is 0 Å². The second-order valence-electron chi connectivity index (χ2n) is 5.06. The van der Waals surface area contributed by atoms with E-state index in [0.29, 0.717) is 5.56 Å². The van der Waals surface area contributed by atoms with Crippen molar-refractivity contribution in [1.29, 1.82) is 0 Å². The summed E-state index contributed by atoms with van der Waals surface area (Å²) in [5, 5.41) is 2.91. The summed E-state index contributed by atoms with van der Waals surface area (Å²) in [5.41, 5.74) is 3.22. The Morgan fingerprint density at radius 1 is 1.17 bits per heavy atom. The van der Waals surface area contributed by atoms with E-state index in [1.807, 2.05) is 39.8 Å². The Labute approximate surface area is 119 Å². The van der Waals surface area contributed by atoms with Gasteiger partial charge < -0.3 is 5.32 Å². The summed E-state index contributed by atoms with van der Waals surface area (Å²) in [5.74, 6) is 0.451. The summed E-state index contributed by atoms with van der Waals surface area (Å²) in [7, 11) is 0. The average Bonchev–Trinajstić information content (AvgIpc) is 2.27. The topological polar surface area (TPSA) is 29.1 Å². The third-order valence-corrected chi connectivity index (χ3v) is 4.09. The first-order valence-electron chi connectivity index (χ1n) is 5.85. The third-order valence-electron chi connectivity index (χ3n) is 2.91. The van der Waals surface area contributed by atoms with Crippen LogP contribution in [0.25, 0.3) is 0 Å². The molecule has 0 aliphatic carbocycles. The van der Waals surface area contributed by atoms with Gasteiger partial charge in [-0.05, 0) is 38.8 Å². The van der Waals surface area contributed by atoms with Crippen LogP contribution in [0.2, 0.25) is 0 Å². The van der Waals surface area contributed by atoms with Crippen molar-refractivity contribution in [2.45, 2.75) is 33.2 Å². The zero-order valence-electron chi connectivity index (χ0n) is 11.2. The minimum Gasteiger partial charge on any atom is -0.344 e. The molecule has 2 nitrogen and oxygen atoms in total. The fourth-order valence-corrected chi connectivity index (χ4v) is 2.40. The molecule has 0 atom stereocenters. The van der Waals surface area contributed by atoms with Gasteiger partial charge in [-0.1, -0.05) is 17.7 Å². The van der Waals surface area contributed by atoms with Crippen LogP contribution in [0, 0.1) is 20.8 Å². The van der Waals surface area contributed by atoms with Crippen molar-refractivity contribution >= 4 is 29.1 Å². The van der Waals surface area contributed by atoms with E-state index >= 15 is 0 Å². The van der Waals surface area contributed by atoms with E-state index in [-0.39, 0.29) is 17.7 Å². The highest BCUT2D eigenvalue weighted by molar-refractivity contribution is 6.22. The summed E-state index contributed by atoms with van der Waals surface area (Å²) in [6, 6.07) is 4.00. The molecule has 1 aromatic carbocycles. The fourth-order valence-electron chi connectivity index (χ4n) is 1.98. The van der Waals surface area contributed by atoms with Gasteiger partial charge >= 0.3 is 0 Å². The fraction of sp³-hybridized carbons (Fsp3) is 0.500. The Morgan fingerprint density at radius 3 is 2.00 bits per heavy atom. The maximum absolute atomic E-state index is 12.3. The van der Waals surface area contributed by atoms with E-state index in [1.165, 1.54) is 0 Å². The van der Waals surface area contributed by atoms with E-state index in [1.54, 1.807) is 0 Å². The van der Waals surface area contributed by atoms with Gasteiger partial charge in [0.25, 0.3) is 5.91 Å². The molecule has 0 spiro atoms. The van der Waals surface area contributed by atoms with E-state index < -0.39 is 5.54 Å². The first-order chi connectivity index (χ1) is 8.33. The zero-order chi connectivity index (χ0) is 13.9. The van der Waals surface area contributed by atoms with E-state index in [9.17, 15) is 4.79 Å². The van der Waals surface area contributed by atoms with Crippen LogP contribution < -0.4 is 5.32 Å².